The maximum absolute atomic E-state index is 5.79. The van der Waals surface area contributed by atoms with E-state index in [0.717, 1.165) is 17.9 Å². The van der Waals surface area contributed by atoms with E-state index in [9.17, 15) is 0 Å². The van der Waals surface area contributed by atoms with Crippen molar-refractivity contribution in [1.82, 2.24) is 0 Å². The summed E-state index contributed by atoms with van der Waals surface area (Å²) in [5.41, 5.74) is 12.2. The Hall–Kier alpha value is -1.41. The lowest BCUT2D eigenvalue weighted by molar-refractivity contribution is 0.933. The summed E-state index contributed by atoms with van der Waals surface area (Å²) in [6, 6.07) is 15.0. The van der Waals surface area contributed by atoms with Gasteiger partial charge in [-0.05, 0) is 55.7 Å². The maximum atomic E-state index is 5.79. The molecular formula is C18H23NS. The lowest BCUT2D eigenvalue weighted by Crippen LogP contribution is -1.92. The van der Waals surface area contributed by atoms with Crippen molar-refractivity contribution in [1.29, 1.82) is 0 Å². The van der Waals surface area contributed by atoms with Crippen LogP contribution >= 0.6 is 11.8 Å². The van der Waals surface area contributed by atoms with Gasteiger partial charge in [0.25, 0.3) is 0 Å². The predicted molar refractivity (Wildman–Crippen MR) is 91.3 cm³/mol. The normalized spacial score (nSPS) is 10.7. The van der Waals surface area contributed by atoms with Crippen molar-refractivity contribution < 1.29 is 0 Å². The van der Waals surface area contributed by atoms with E-state index in [2.05, 4.69) is 44.2 Å². The van der Waals surface area contributed by atoms with Gasteiger partial charge in [0.1, 0.15) is 0 Å². The molecule has 0 saturated heterocycles. The highest BCUT2D eigenvalue weighted by Crippen LogP contribution is 2.17. The van der Waals surface area contributed by atoms with Crippen LogP contribution in [0.1, 0.15) is 28.7 Å². The van der Waals surface area contributed by atoms with Crippen LogP contribution in [0.15, 0.2) is 42.5 Å². The van der Waals surface area contributed by atoms with Crippen molar-refractivity contribution in [3.8, 4) is 0 Å². The average molecular weight is 285 g/mol. The van der Waals surface area contributed by atoms with Crippen molar-refractivity contribution >= 4 is 17.4 Å². The molecule has 0 aliphatic carbocycles. The first-order valence-corrected chi connectivity index (χ1v) is 8.28. The number of nitrogen functional groups attached to an aromatic ring is 1. The molecule has 0 aliphatic rings. The fraction of sp³-hybridized carbons (Fsp3) is 0.333. The van der Waals surface area contributed by atoms with E-state index in [-0.39, 0.29) is 0 Å². The van der Waals surface area contributed by atoms with E-state index in [0.29, 0.717) is 0 Å². The molecule has 0 atom stereocenters. The van der Waals surface area contributed by atoms with E-state index in [1.165, 1.54) is 34.4 Å². The van der Waals surface area contributed by atoms with Crippen LogP contribution in [0.25, 0.3) is 0 Å². The molecule has 2 rings (SSSR count). The van der Waals surface area contributed by atoms with Gasteiger partial charge >= 0.3 is 0 Å². The first-order chi connectivity index (χ1) is 9.63. The van der Waals surface area contributed by atoms with E-state index in [1.807, 2.05) is 23.9 Å². The average Bonchev–Trinajstić information content (AvgIpc) is 2.37. The lowest BCUT2D eigenvalue weighted by Gasteiger charge is -2.06. The molecule has 0 unspecified atom stereocenters. The minimum Gasteiger partial charge on any atom is -0.399 e. The molecule has 20 heavy (non-hydrogen) atoms. The lowest BCUT2D eigenvalue weighted by atomic mass is 10.1. The number of hydrogen-bond donors (Lipinski definition) is 1. The number of nitrogens with two attached hydrogens (primary N) is 1. The fourth-order valence-corrected chi connectivity index (χ4v) is 3.36. The molecular weight excluding hydrogens is 262 g/mol. The van der Waals surface area contributed by atoms with Crippen molar-refractivity contribution in [2.75, 3.05) is 11.5 Å². The molecule has 0 fully saturated rings. The number of thioether (sulfide) groups is 1. The van der Waals surface area contributed by atoms with Crippen LogP contribution in [0.5, 0.6) is 0 Å². The summed E-state index contributed by atoms with van der Waals surface area (Å²) in [6.07, 6.45) is 2.32. The van der Waals surface area contributed by atoms with Gasteiger partial charge in [0.15, 0.2) is 0 Å². The highest BCUT2D eigenvalue weighted by atomic mass is 32.2. The number of anilines is 1. The summed E-state index contributed by atoms with van der Waals surface area (Å²) in [4.78, 5) is 0. The van der Waals surface area contributed by atoms with Crippen molar-refractivity contribution in [2.45, 2.75) is 32.4 Å². The largest absolute Gasteiger partial charge is 0.399 e. The van der Waals surface area contributed by atoms with E-state index < -0.39 is 0 Å². The summed E-state index contributed by atoms with van der Waals surface area (Å²) in [5.74, 6) is 2.31. The zero-order valence-electron chi connectivity index (χ0n) is 12.4. The molecule has 0 radical (unpaired) electrons. The van der Waals surface area contributed by atoms with E-state index in [1.54, 1.807) is 0 Å². The fourth-order valence-electron chi connectivity index (χ4n) is 2.47. The summed E-state index contributed by atoms with van der Waals surface area (Å²) in [5, 5.41) is 0. The van der Waals surface area contributed by atoms with Gasteiger partial charge in [-0.2, -0.15) is 11.8 Å². The minimum absolute atomic E-state index is 0.866. The number of aryl methyl sites for hydroxylation is 3. The Morgan fingerprint density at radius 3 is 2.40 bits per heavy atom. The Bertz CT molecular complexity index is 543. The van der Waals surface area contributed by atoms with Gasteiger partial charge in [0.05, 0.1) is 0 Å². The first-order valence-electron chi connectivity index (χ1n) is 7.13. The topological polar surface area (TPSA) is 26.0 Å². The van der Waals surface area contributed by atoms with Gasteiger partial charge in [-0.3, -0.25) is 0 Å². The smallest absolute Gasteiger partial charge is 0.0316 e. The third-order valence-electron chi connectivity index (χ3n) is 3.26. The molecule has 0 aromatic heterocycles. The van der Waals surface area contributed by atoms with Gasteiger partial charge in [-0.15, -0.1) is 0 Å². The Kier molecular flexibility index (Phi) is 5.54. The monoisotopic (exact) mass is 285 g/mol. The van der Waals surface area contributed by atoms with Crippen LogP contribution in [-0.2, 0) is 12.2 Å². The number of hydrogen-bond acceptors (Lipinski definition) is 2. The molecule has 106 valence electrons. The van der Waals surface area contributed by atoms with E-state index in [4.69, 9.17) is 5.73 Å². The maximum Gasteiger partial charge on any atom is 0.0316 e. The SMILES string of the molecule is Cc1cc(C)cc(CSCCCc2cccc(N)c2)c1. The Morgan fingerprint density at radius 2 is 1.70 bits per heavy atom. The van der Waals surface area contributed by atoms with Crippen LogP contribution in [0.4, 0.5) is 5.69 Å². The Labute approximate surface area is 126 Å². The minimum atomic E-state index is 0.866. The first kappa shape index (κ1) is 15.0. The summed E-state index contributed by atoms with van der Waals surface area (Å²) in [6.45, 7) is 4.34. The van der Waals surface area contributed by atoms with E-state index >= 15 is 0 Å². The van der Waals surface area contributed by atoms with Crippen molar-refractivity contribution in [3.05, 3.63) is 64.7 Å². The highest BCUT2D eigenvalue weighted by Gasteiger charge is 1.98. The van der Waals surface area contributed by atoms with Gasteiger partial charge in [-0.1, -0.05) is 41.5 Å². The third-order valence-corrected chi connectivity index (χ3v) is 4.37. The number of rotatable bonds is 6. The van der Waals surface area contributed by atoms with Gasteiger partial charge < -0.3 is 5.73 Å². The zero-order chi connectivity index (χ0) is 14.4. The van der Waals surface area contributed by atoms with Crippen LogP contribution in [0.2, 0.25) is 0 Å². The van der Waals surface area contributed by atoms with Crippen LogP contribution in [0.3, 0.4) is 0 Å². The van der Waals surface area contributed by atoms with Crippen LogP contribution in [-0.4, -0.2) is 5.75 Å². The molecule has 0 aliphatic heterocycles. The Morgan fingerprint density at radius 1 is 0.950 bits per heavy atom. The molecule has 0 heterocycles. The van der Waals surface area contributed by atoms with Crippen LogP contribution < -0.4 is 5.73 Å². The standard InChI is InChI=1S/C18H23NS/c1-14-9-15(2)11-17(10-14)13-20-8-4-6-16-5-3-7-18(19)12-16/h3,5,7,9-12H,4,6,8,13,19H2,1-2H3. The molecule has 0 saturated carbocycles. The molecule has 2 aromatic rings. The van der Waals surface area contributed by atoms with Crippen molar-refractivity contribution in [3.63, 3.8) is 0 Å². The zero-order valence-corrected chi connectivity index (χ0v) is 13.2. The second-order valence-electron chi connectivity index (χ2n) is 5.40. The molecule has 0 spiro atoms. The molecule has 2 N–H and O–H groups in total. The quantitative estimate of drug-likeness (QED) is 0.612. The van der Waals surface area contributed by atoms with Gasteiger partial charge in [0.2, 0.25) is 0 Å². The summed E-state index contributed by atoms with van der Waals surface area (Å²) < 4.78 is 0. The molecule has 2 heteroatoms. The molecule has 0 amide bonds. The predicted octanol–water partition coefficient (Wildman–Crippen LogP) is 4.75. The molecule has 1 nitrogen and oxygen atoms in total. The summed E-state index contributed by atoms with van der Waals surface area (Å²) >= 11 is 2.02. The molecule has 0 bridgehead atoms. The molecule has 2 aromatic carbocycles. The van der Waals surface area contributed by atoms with Gasteiger partial charge in [0, 0.05) is 11.4 Å². The summed E-state index contributed by atoms with van der Waals surface area (Å²) in [7, 11) is 0. The van der Waals surface area contributed by atoms with Crippen molar-refractivity contribution in [2.24, 2.45) is 0 Å². The van der Waals surface area contributed by atoms with Gasteiger partial charge in [-0.25, -0.2) is 0 Å². The second kappa shape index (κ2) is 7.39. The van der Waals surface area contributed by atoms with Crippen LogP contribution in [0, 0.1) is 13.8 Å². The Balaban J connectivity index is 1.71. The third kappa shape index (κ3) is 4.93. The highest BCUT2D eigenvalue weighted by molar-refractivity contribution is 7.98. The second-order valence-corrected chi connectivity index (χ2v) is 6.50. The number of benzene rings is 2.